The SMILES string of the molecule is CC(C)(C)c1cnc(SCCOCCO)o1. The quantitative estimate of drug-likeness (QED) is 0.614. The molecule has 92 valence electrons. The summed E-state index contributed by atoms with van der Waals surface area (Å²) < 4.78 is 10.7. The molecule has 0 amide bonds. The van der Waals surface area contributed by atoms with Gasteiger partial charge in [0.05, 0.1) is 26.0 Å². The van der Waals surface area contributed by atoms with Crippen molar-refractivity contribution >= 4 is 11.8 Å². The third-order valence-electron chi connectivity index (χ3n) is 1.91. The van der Waals surface area contributed by atoms with Crippen molar-refractivity contribution < 1.29 is 14.3 Å². The molecule has 0 atom stereocenters. The average Bonchev–Trinajstić information content (AvgIpc) is 2.65. The van der Waals surface area contributed by atoms with E-state index >= 15 is 0 Å². The highest BCUT2D eigenvalue weighted by Crippen LogP contribution is 2.26. The summed E-state index contributed by atoms with van der Waals surface area (Å²) in [5.74, 6) is 1.68. The van der Waals surface area contributed by atoms with Crippen molar-refractivity contribution in [3.8, 4) is 0 Å². The number of aliphatic hydroxyl groups excluding tert-OH is 1. The lowest BCUT2D eigenvalue weighted by molar-refractivity contribution is 0.103. The molecule has 1 N–H and O–H groups in total. The number of rotatable bonds is 6. The molecule has 0 bridgehead atoms. The molecule has 1 rings (SSSR count). The topological polar surface area (TPSA) is 55.5 Å². The van der Waals surface area contributed by atoms with Crippen LogP contribution in [0, 0.1) is 0 Å². The number of hydrogen-bond acceptors (Lipinski definition) is 5. The maximum absolute atomic E-state index is 8.51. The van der Waals surface area contributed by atoms with Crippen LogP contribution in [-0.4, -0.2) is 35.7 Å². The van der Waals surface area contributed by atoms with E-state index in [0.717, 1.165) is 11.5 Å². The number of aliphatic hydroxyl groups is 1. The molecule has 0 saturated heterocycles. The van der Waals surface area contributed by atoms with Gasteiger partial charge < -0.3 is 14.3 Å². The van der Waals surface area contributed by atoms with Crippen LogP contribution in [0.1, 0.15) is 26.5 Å². The highest BCUT2D eigenvalue weighted by Gasteiger charge is 2.19. The van der Waals surface area contributed by atoms with Crippen molar-refractivity contribution in [3.05, 3.63) is 12.0 Å². The fraction of sp³-hybridized carbons (Fsp3) is 0.727. The van der Waals surface area contributed by atoms with Gasteiger partial charge >= 0.3 is 0 Å². The van der Waals surface area contributed by atoms with Crippen molar-refractivity contribution in [2.24, 2.45) is 0 Å². The summed E-state index contributed by atoms with van der Waals surface area (Å²) in [4.78, 5) is 4.19. The molecule has 1 heterocycles. The third-order valence-corrected chi connectivity index (χ3v) is 2.72. The minimum Gasteiger partial charge on any atom is -0.436 e. The van der Waals surface area contributed by atoms with E-state index in [1.165, 1.54) is 11.8 Å². The van der Waals surface area contributed by atoms with Crippen molar-refractivity contribution in [1.29, 1.82) is 0 Å². The smallest absolute Gasteiger partial charge is 0.255 e. The van der Waals surface area contributed by atoms with Crippen molar-refractivity contribution in [3.63, 3.8) is 0 Å². The molecule has 0 aliphatic heterocycles. The zero-order valence-corrected chi connectivity index (χ0v) is 10.8. The summed E-state index contributed by atoms with van der Waals surface area (Å²) in [6, 6.07) is 0. The minimum absolute atomic E-state index is 0.000795. The standard InChI is InChI=1S/C11H19NO3S/c1-11(2,3)9-8-12-10(15-9)16-7-6-14-5-4-13/h8,13H,4-7H2,1-3H3. The van der Waals surface area contributed by atoms with Crippen LogP contribution < -0.4 is 0 Å². The minimum atomic E-state index is -0.000795. The lowest BCUT2D eigenvalue weighted by Gasteiger charge is -2.12. The van der Waals surface area contributed by atoms with Gasteiger partial charge in [0.15, 0.2) is 0 Å². The molecule has 4 nitrogen and oxygen atoms in total. The normalized spacial score (nSPS) is 12.0. The second-order valence-electron chi connectivity index (χ2n) is 4.42. The molecular formula is C11H19NO3S. The summed E-state index contributed by atoms with van der Waals surface area (Å²) in [6.45, 7) is 7.32. The number of aromatic nitrogens is 1. The molecule has 0 aromatic carbocycles. The number of thioether (sulfide) groups is 1. The first-order chi connectivity index (χ1) is 7.54. The molecule has 1 aromatic rings. The Hall–Kier alpha value is -0.520. The number of hydrogen-bond donors (Lipinski definition) is 1. The fourth-order valence-electron chi connectivity index (χ4n) is 1.03. The Labute approximate surface area is 100 Å². The molecule has 0 unspecified atom stereocenters. The molecule has 0 radical (unpaired) electrons. The Bertz CT molecular complexity index is 306. The van der Waals surface area contributed by atoms with Crippen LogP contribution in [0.4, 0.5) is 0 Å². The number of oxazole rings is 1. The maximum Gasteiger partial charge on any atom is 0.255 e. The van der Waals surface area contributed by atoms with Gasteiger partial charge in [-0.05, 0) is 0 Å². The van der Waals surface area contributed by atoms with Crippen LogP contribution in [0.5, 0.6) is 0 Å². The summed E-state index contributed by atoms with van der Waals surface area (Å²) in [5, 5.41) is 9.19. The molecule has 0 saturated carbocycles. The van der Waals surface area contributed by atoms with Crippen LogP contribution >= 0.6 is 11.8 Å². The Morgan fingerprint density at radius 2 is 2.19 bits per heavy atom. The van der Waals surface area contributed by atoms with Crippen molar-refractivity contribution in [1.82, 2.24) is 4.98 Å². The monoisotopic (exact) mass is 245 g/mol. The van der Waals surface area contributed by atoms with Gasteiger partial charge in [-0.2, -0.15) is 0 Å². The average molecular weight is 245 g/mol. The van der Waals surface area contributed by atoms with Gasteiger partial charge in [-0.3, -0.25) is 0 Å². The first kappa shape index (κ1) is 13.5. The Morgan fingerprint density at radius 1 is 1.44 bits per heavy atom. The molecule has 0 spiro atoms. The Kier molecular flexibility index (Phi) is 5.31. The molecule has 1 aromatic heterocycles. The number of ether oxygens (including phenoxy) is 1. The summed E-state index contributed by atoms with van der Waals surface area (Å²) >= 11 is 1.52. The molecule has 0 fully saturated rings. The molecule has 0 aliphatic rings. The largest absolute Gasteiger partial charge is 0.436 e. The Morgan fingerprint density at radius 3 is 2.75 bits per heavy atom. The van der Waals surface area contributed by atoms with Gasteiger partial charge in [0.25, 0.3) is 5.22 Å². The maximum atomic E-state index is 8.51. The highest BCUT2D eigenvalue weighted by atomic mass is 32.2. The van der Waals surface area contributed by atoms with Crippen LogP contribution in [0.25, 0.3) is 0 Å². The lowest BCUT2D eigenvalue weighted by Crippen LogP contribution is -2.09. The highest BCUT2D eigenvalue weighted by molar-refractivity contribution is 7.99. The number of nitrogens with zero attached hydrogens (tertiary/aromatic N) is 1. The molecule has 0 aliphatic carbocycles. The van der Waals surface area contributed by atoms with Gasteiger partial charge in [0, 0.05) is 11.2 Å². The second kappa shape index (κ2) is 6.27. The van der Waals surface area contributed by atoms with Crippen molar-refractivity contribution in [2.75, 3.05) is 25.6 Å². The van der Waals surface area contributed by atoms with Gasteiger partial charge in [0.1, 0.15) is 5.76 Å². The van der Waals surface area contributed by atoms with Gasteiger partial charge in [-0.15, -0.1) is 0 Å². The molecule has 5 heteroatoms. The molecule has 16 heavy (non-hydrogen) atoms. The third kappa shape index (κ3) is 4.55. The van der Waals surface area contributed by atoms with E-state index in [9.17, 15) is 0 Å². The van der Waals surface area contributed by atoms with E-state index in [2.05, 4.69) is 25.8 Å². The van der Waals surface area contributed by atoms with Crippen LogP contribution in [0.3, 0.4) is 0 Å². The van der Waals surface area contributed by atoms with Crippen LogP contribution in [0.2, 0.25) is 0 Å². The van der Waals surface area contributed by atoms with Gasteiger partial charge in [-0.1, -0.05) is 32.5 Å². The van der Waals surface area contributed by atoms with Gasteiger partial charge in [0.2, 0.25) is 0 Å². The summed E-state index contributed by atoms with van der Waals surface area (Å²) in [5.41, 5.74) is -0.000795. The van der Waals surface area contributed by atoms with E-state index < -0.39 is 0 Å². The van der Waals surface area contributed by atoms with E-state index in [4.69, 9.17) is 14.3 Å². The molecular weight excluding hydrogens is 226 g/mol. The first-order valence-electron chi connectivity index (χ1n) is 5.32. The lowest BCUT2D eigenvalue weighted by atomic mass is 9.94. The van der Waals surface area contributed by atoms with Gasteiger partial charge in [-0.25, -0.2) is 4.98 Å². The fourth-order valence-corrected chi connectivity index (χ4v) is 1.68. The van der Waals surface area contributed by atoms with E-state index in [0.29, 0.717) is 18.4 Å². The zero-order chi connectivity index (χ0) is 12.0. The Balaban J connectivity index is 2.30. The van der Waals surface area contributed by atoms with Crippen molar-refractivity contribution in [2.45, 2.75) is 31.4 Å². The zero-order valence-electron chi connectivity index (χ0n) is 10.0. The first-order valence-corrected chi connectivity index (χ1v) is 6.30. The predicted octanol–water partition coefficient (Wildman–Crippen LogP) is 2.07. The van der Waals surface area contributed by atoms with Crippen LogP contribution in [-0.2, 0) is 10.2 Å². The van der Waals surface area contributed by atoms with E-state index in [1.807, 2.05) is 0 Å². The predicted molar refractivity (Wildman–Crippen MR) is 63.8 cm³/mol. The summed E-state index contributed by atoms with van der Waals surface area (Å²) in [7, 11) is 0. The van der Waals surface area contributed by atoms with E-state index in [-0.39, 0.29) is 12.0 Å². The van der Waals surface area contributed by atoms with Crippen LogP contribution in [0.15, 0.2) is 15.8 Å². The summed E-state index contributed by atoms with van der Waals surface area (Å²) in [6.07, 6.45) is 1.77. The second-order valence-corrected chi connectivity index (χ2v) is 5.47. The van der Waals surface area contributed by atoms with E-state index in [1.54, 1.807) is 6.20 Å².